The number of rotatable bonds is 6. The number of para-hydroxylation sites is 1. The largest absolute Gasteiger partial charge is 0.493 e. The monoisotopic (exact) mass is 494 g/mol. The van der Waals surface area contributed by atoms with Crippen LogP contribution in [0.4, 0.5) is 0 Å². The van der Waals surface area contributed by atoms with Gasteiger partial charge in [-0.05, 0) is 35.9 Å². The van der Waals surface area contributed by atoms with Gasteiger partial charge in [0, 0.05) is 22.6 Å². The first-order valence-corrected chi connectivity index (χ1v) is 11.3. The number of hydrazone groups is 1. The summed E-state index contributed by atoms with van der Waals surface area (Å²) in [7, 11) is 4.44. The Hall–Kier alpha value is -3.91. The third-order valence-corrected chi connectivity index (χ3v) is 6.49. The van der Waals surface area contributed by atoms with Gasteiger partial charge in [-0.15, -0.1) is 0 Å². The van der Waals surface area contributed by atoms with E-state index in [1.165, 1.54) is 14.2 Å². The van der Waals surface area contributed by atoms with Crippen molar-refractivity contribution in [2.45, 2.75) is 18.7 Å². The summed E-state index contributed by atoms with van der Waals surface area (Å²) in [6.45, 7) is 0. The van der Waals surface area contributed by atoms with Crippen molar-refractivity contribution in [2.75, 3.05) is 21.3 Å². The standard InChI is InChI=1S/C26H23ClN2O6/c1-32-20-6-4-5-16-19-13-18(14-7-9-15(27)10-8-14)28-29(19)25(35-23(16)20)17-11-12-21(33-2)24(34-3)22(17)26(30)31/h4-12,19,25H,13H2,1-3H3,(H,30,31). The number of hydrogen-bond acceptors (Lipinski definition) is 7. The molecule has 2 atom stereocenters. The lowest BCUT2D eigenvalue weighted by Crippen LogP contribution is -2.35. The van der Waals surface area contributed by atoms with Gasteiger partial charge in [0.05, 0.1) is 33.1 Å². The molecule has 5 rings (SSSR count). The molecule has 3 aromatic carbocycles. The van der Waals surface area contributed by atoms with E-state index >= 15 is 0 Å². The van der Waals surface area contributed by atoms with Crippen LogP contribution in [0.1, 0.15) is 45.7 Å². The molecule has 3 aromatic rings. The number of fused-ring (bicyclic) bond motifs is 3. The van der Waals surface area contributed by atoms with Gasteiger partial charge in [-0.1, -0.05) is 35.9 Å². The van der Waals surface area contributed by atoms with E-state index in [0.717, 1.165) is 16.8 Å². The molecule has 8 nitrogen and oxygen atoms in total. The van der Waals surface area contributed by atoms with Gasteiger partial charge < -0.3 is 24.1 Å². The SMILES string of the molecule is COc1cccc2c1OC(c1ccc(OC)c(OC)c1C(=O)O)N1N=C(c3ccc(Cl)cc3)CC21. The van der Waals surface area contributed by atoms with Gasteiger partial charge in [-0.25, -0.2) is 9.80 Å². The number of halogens is 1. The normalized spacial score (nSPS) is 18.2. The molecule has 180 valence electrons. The summed E-state index contributed by atoms with van der Waals surface area (Å²) in [5.41, 5.74) is 3.01. The highest BCUT2D eigenvalue weighted by atomic mass is 35.5. The molecule has 0 radical (unpaired) electrons. The maximum atomic E-state index is 12.4. The second-order valence-electron chi connectivity index (χ2n) is 8.07. The van der Waals surface area contributed by atoms with Gasteiger partial charge >= 0.3 is 5.97 Å². The van der Waals surface area contributed by atoms with Crippen LogP contribution in [-0.2, 0) is 0 Å². The summed E-state index contributed by atoms with van der Waals surface area (Å²) in [6.07, 6.45) is -0.253. The van der Waals surface area contributed by atoms with E-state index in [4.69, 9.17) is 35.6 Å². The van der Waals surface area contributed by atoms with Crippen LogP contribution in [0.5, 0.6) is 23.0 Å². The van der Waals surface area contributed by atoms with Gasteiger partial charge in [0.15, 0.2) is 23.0 Å². The molecule has 0 fully saturated rings. The average molecular weight is 495 g/mol. The van der Waals surface area contributed by atoms with E-state index in [9.17, 15) is 9.90 Å². The molecule has 2 aliphatic heterocycles. The van der Waals surface area contributed by atoms with E-state index in [-0.39, 0.29) is 17.4 Å². The molecule has 0 saturated heterocycles. The summed E-state index contributed by atoms with van der Waals surface area (Å²) in [5, 5.41) is 17.5. The number of carbonyl (C=O) groups is 1. The van der Waals surface area contributed by atoms with Crippen LogP contribution in [-0.4, -0.2) is 43.1 Å². The third kappa shape index (κ3) is 3.80. The van der Waals surface area contributed by atoms with Crippen LogP contribution < -0.4 is 18.9 Å². The fourth-order valence-corrected chi connectivity index (χ4v) is 4.76. The molecule has 0 saturated carbocycles. The molecule has 1 N–H and O–H groups in total. The van der Waals surface area contributed by atoms with Crippen molar-refractivity contribution in [1.29, 1.82) is 0 Å². The molecule has 2 aliphatic rings. The van der Waals surface area contributed by atoms with Crippen LogP contribution in [0, 0.1) is 0 Å². The number of aromatic carboxylic acids is 1. The first-order chi connectivity index (χ1) is 17.0. The highest BCUT2D eigenvalue weighted by Crippen LogP contribution is 2.52. The Kier molecular flexibility index (Phi) is 5.90. The molecule has 0 amide bonds. The van der Waals surface area contributed by atoms with Gasteiger partial charge in [0.2, 0.25) is 6.23 Å². The summed E-state index contributed by atoms with van der Waals surface area (Å²) < 4.78 is 22.8. The summed E-state index contributed by atoms with van der Waals surface area (Å²) in [5.74, 6) is 0.377. The minimum atomic E-state index is -1.16. The third-order valence-electron chi connectivity index (χ3n) is 6.24. The number of carboxylic acid groups (broad SMARTS) is 1. The molecular formula is C26H23ClN2O6. The summed E-state index contributed by atoms with van der Waals surface area (Å²) in [4.78, 5) is 12.4. The summed E-state index contributed by atoms with van der Waals surface area (Å²) >= 11 is 6.08. The van der Waals surface area contributed by atoms with E-state index in [1.807, 2.05) is 42.5 Å². The van der Waals surface area contributed by atoms with Gasteiger partial charge in [0.25, 0.3) is 0 Å². The lowest BCUT2D eigenvalue weighted by molar-refractivity contribution is -0.0217. The number of hydrogen-bond donors (Lipinski definition) is 1. The van der Waals surface area contributed by atoms with Crippen molar-refractivity contribution in [1.82, 2.24) is 5.01 Å². The number of carboxylic acids is 1. The van der Waals surface area contributed by atoms with Crippen molar-refractivity contribution < 1.29 is 28.8 Å². The topological polar surface area (TPSA) is 89.8 Å². The van der Waals surface area contributed by atoms with Crippen LogP contribution in [0.3, 0.4) is 0 Å². The Bertz CT molecular complexity index is 1320. The molecule has 0 aromatic heterocycles. The molecular weight excluding hydrogens is 472 g/mol. The van der Waals surface area contributed by atoms with Crippen molar-refractivity contribution in [2.24, 2.45) is 5.10 Å². The fraction of sp³-hybridized carbons (Fsp3) is 0.231. The first-order valence-electron chi connectivity index (χ1n) is 10.9. The molecule has 2 unspecified atom stereocenters. The Morgan fingerprint density at radius 3 is 2.40 bits per heavy atom. The predicted molar refractivity (Wildman–Crippen MR) is 130 cm³/mol. The van der Waals surface area contributed by atoms with E-state index in [1.54, 1.807) is 24.3 Å². The summed E-state index contributed by atoms with van der Waals surface area (Å²) in [6, 6.07) is 16.3. The zero-order valence-electron chi connectivity index (χ0n) is 19.3. The van der Waals surface area contributed by atoms with E-state index in [2.05, 4.69) is 0 Å². The zero-order valence-corrected chi connectivity index (χ0v) is 20.1. The van der Waals surface area contributed by atoms with E-state index < -0.39 is 12.2 Å². The second-order valence-corrected chi connectivity index (χ2v) is 8.51. The van der Waals surface area contributed by atoms with Crippen molar-refractivity contribution in [3.8, 4) is 23.0 Å². The van der Waals surface area contributed by atoms with Crippen molar-refractivity contribution in [3.05, 3.63) is 81.9 Å². The Morgan fingerprint density at radius 2 is 1.74 bits per heavy atom. The number of benzene rings is 3. The smallest absolute Gasteiger partial charge is 0.340 e. The molecule has 0 spiro atoms. The highest BCUT2D eigenvalue weighted by molar-refractivity contribution is 6.30. The maximum absolute atomic E-state index is 12.4. The quantitative estimate of drug-likeness (QED) is 0.497. The first kappa shape index (κ1) is 22.9. The Balaban J connectivity index is 1.70. The molecule has 9 heteroatoms. The Labute approximate surface area is 207 Å². The molecule has 35 heavy (non-hydrogen) atoms. The van der Waals surface area contributed by atoms with Crippen LogP contribution in [0.25, 0.3) is 0 Å². The van der Waals surface area contributed by atoms with Gasteiger partial charge in [0.1, 0.15) is 5.56 Å². The average Bonchev–Trinajstić information content (AvgIpc) is 3.33. The number of nitrogens with zero attached hydrogens (tertiary/aromatic N) is 2. The molecule has 0 aliphatic carbocycles. The van der Waals surface area contributed by atoms with Crippen LogP contribution in [0.15, 0.2) is 59.7 Å². The lowest BCUT2D eigenvalue weighted by Gasteiger charge is -2.39. The van der Waals surface area contributed by atoms with Crippen molar-refractivity contribution in [3.63, 3.8) is 0 Å². The maximum Gasteiger partial charge on any atom is 0.340 e. The van der Waals surface area contributed by atoms with Gasteiger partial charge in [-0.3, -0.25) is 0 Å². The zero-order chi connectivity index (χ0) is 24.7. The minimum Gasteiger partial charge on any atom is -0.493 e. The fourth-order valence-electron chi connectivity index (χ4n) is 4.64. The van der Waals surface area contributed by atoms with Crippen molar-refractivity contribution >= 4 is 23.3 Å². The lowest BCUT2D eigenvalue weighted by atomic mass is 9.94. The second kappa shape index (κ2) is 9.03. The van der Waals surface area contributed by atoms with E-state index in [0.29, 0.717) is 34.3 Å². The number of methoxy groups -OCH3 is 3. The Morgan fingerprint density at radius 1 is 1.00 bits per heavy atom. The van der Waals surface area contributed by atoms with Crippen LogP contribution >= 0.6 is 11.6 Å². The van der Waals surface area contributed by atoms with Gasteiger partial charge in [-0.2, -0.15) is 5.10 Å². The minimum absolute atomic E-state index is 0.0518. The molecule has 2 heterocycles. The van der Waals surface area contributed by atoms with Crippen LogP contribution in [0.2, 0.25) is 5.02 Å². The predicted octanol–water partition coefficient (Wildman–Crippen LogP) is 5.31. The number of ether oxygens (including phenoxy) is 4. The highest BCUT2D eigenvalue weighted by Gasteiger charge is 2.44. The molecule has 0 bridgehead atoms.